The Kier molecular flexibility index (Phi) is 1.82. The summed E-state index contributed by atoms with van der Waals surface area (Å²) in [5, 5.41) is 19.0. The zero-order chi connectivity index (χ0) is 7.56. The van der Waals surface area contributed by atoms with Gasteiger partial charge in [0.05, 0.1) is 0 Å². The third-order valence-electron chi connectivity index (χ3n) is 1.09. The number of aliphatic hydroxyl groups excluding tert-OH is 1. The predicted octanol–water partition coefficient (Wildman–Crippen LogP) is -0.248. The van der Waals surface area contributed by atoms with Crippen LogP contribution in [-0.4, -0.2) is 5.11 Å². The fourth-order valence-electron chi connectivity index (χ4n) is 0.587. The van der Waals surface area contributed by atoms with Crippen LogP contribution in [0.3, 0.4) is 0 Å². The van der Waals surface area contributed by atoms with Crippen molar-refractivity contribution in [1.82, 2.24) is 0 Å². The largest absolute Gasteiger partial charge is 0.618 e. The molecule has 4 heteroatoms. The molecule has 0 bridgehead atoms. The molecule has 0 spiro atoms. The lowest BCUT2D eigenvalue weighted by Gasteiger charge is -1.99. The number of aliphatic hydroxyl groups is 1. The Balaban J connectivity index is 3.17. The van der Waals surface area contributed by atoms with E-state index < -0.39 is 12.4 Å². The first kappa shape index (κ1) is 6.95. The number of pyridine rings is 1. The Bertz CT molecular complexity index is 219. The van der Waals surface area contributed by atoms with Gasteiger partial charge in [-0.15, -0.1) is 0 Å². The summed E-state index contributed by atoms with van der Waals surface area (Å²) in [5.41, 5.74) is -0.303. The SMILES string of the molecule is [O-][n+]1cc[c]c(F)c1CO. The summed E-state index contributed by atoms with van der Waals surface area (Å²) in [6.45, 7) is -0.604. The fourth-order valence-corrected chi connectivity index (χ4v) is 0.587. The predicted molar refractivity (Wildman–Crippen MR) is 30.1 cm³/mol. The molecular weight excluding hydrogens is 137 g/mol. The van der Waals surface area contributed by atoms with Crippen molar-refractivity contribution in [2.24, 2.45) is 0 Å². The summed E-state index contributed by atoms with van der Waals surface area (Å²) >= 11 is 0. The molecule has 0 aliphatic rings. The summed E-state index contributed by atoms with van der Waals surface area (Å²) in [6, 6.07) is 3.30. The molecule has 10 heavy (non-hydrogen) atoms. The van der Waals surface area contributed by atoms with Crippen LogP contribution in [0.4, 0.5) is 4.39 Å². The van der Waals surface area contributed by atoms with Crippen molar-refractivity contribution in [2.75, 3.05) is 0 Å². The minimum atomic E-state index is -0.806. The van der Waals surface area contributed by atoms with Gasteiger partial charge in [-0.3, -0.25) is 0 Å². The third kappa shape index (κ3) is 1.06. The topological polar surface area (TPSA) is 47.2 Å². The van der Waals surface area contributed by atoms with E-state index in [1.165, 1.54) is 0 Å². The second kappa shape index (κ2) is 2.62. The minimum Gasteiger partial charge on any atom is -0.618 e. The number of hydrogen-bond acceptors (Lipinski definition) is 2. The molecule has 0 atom stereocenters. The van der Waals surface area contributed by atoms with Crippen LogP contribution >= 0.6 is 0 Å². The van der Waals surface area contributed by atoms with Crippen molar-refractivity contribution in [3.05, 3.63) is 35.0 Å². The van der Waals surface area contributed by atoms with Crippen LogP contribution in [0.1, 0.15) is 5.69 Å². The standard InChI is InChI=1S/C6H5FNO2/c7-5-2-1-3-8(10)6(5)4-9/h1,3,9H,4H2. The maximum absolute atomic E-state index is 12.4. The molecule has 0 aliphatic carbocycles. The Morgan fingerprint density at radius 1 is 1.80 bits per heavy atom. The van der Waals surface area contributed by atoms with Crippen LogP contribution < -0.4 is 4.73 Å². The highest BCUT2D eigenvalue weighted by atomic mass is 19.1. The zero-order valence-electron chi connectivity index (χ0n) is 5.04. The van der Waals surface area contributed by atoms with E-state index in [9.17, 15) is 9.60 Å². The molecule has 1 aromatic rings. The number of aromatic nitrogens is 1. The lowest BCUT2D eigenvalue weighted by atomic mass is 10.3. The second-order valence-electron chi connectivity index (χ2n) is 1.70. The monoisotopic (exact) mass is 142 g/mol. The zero-order valence-corrected chi connectivity index (χ0v) is 5.04. The Morgan fingerprint density at radius 2 is 2.50 bits per heavy atom. The lowest BCUT2D eigenvalue weighted by molar-refractivity contribution is -0.618. The Morgan fingerprint density at radius 3 is 2.90 bits per heavy atom. The molecule has 0 fully saturated rings. The molecule has 0 saturated carbocycles. The highest BCUT2D eigenvalue weighted by Crippen LogP contribution is 1.97. The summed E-state index contributed by atoms with van der Waals surface area (Å²) in [7, 11) is 0. The Hall–Kier alpha value is -1.16. The molecule has 0 aromatic carbocycles. The average Bonchev–Trinajstić information content (AvgIpc) is 1.88. The van der Waals surface area contributed by atoms with Gasteiger partial charge in [0.25, 0.3) is 5.69 Å². The van der Waals surface area contributed by atoms with E-state index in [-0.39, 0.29) is 10.4 Å². The first-order valence-corrected chi connectivity index (χ1v) is 2.65. The smallest absolute Gasteiger partial charge is 0.254 e. The maximum atomic E-state index is 12.4. The van der Waals surface area contributed by atoms with Crippen LogP contribution in [0.5, 0.6) is 0 Å². The van der Waals surface area contributed by atoms with Gasteiger partial charge < -0.3 is 10.3 Å². The summed E-state index contributed by atoms with van der Waals surface area (Å²) in [6.07, 6.45) is 1.08. The van der Waals surface area contributed by atoms with Gasteiger partial charge in [-0.2, -0.15) is 9.12 Å². The van der Waals surface area contributed by atoms with Crippen LogP contribution in [0.2, 0.25) is 0 Å². The fraction of sp³-hybridized carbons (Fsp3) is 0.167. The van der Waals surface area contributed by atoms with Gasteiger partial charge in [0.2, 0.25) is 5.82 Å². The van der Waals surface area contributed by atoms with Crippen molar-refractivity contribution in [3.63, 3.8) is 0 Å². The highest BCUT2D eigenvalue weighted by molar-refractivity contribution is 4.98. The van der Waals surface area contributed by atoms with Gasteiger partial charge in [-0.1, -0.05) is 0 Å². The highest BCUT2D eigenvalue weighted by Gasteiger charge is 2.09. The van der Waals surface area contributed by atoms with E-state index in [1.54, 1.807) is 0 Å². The normalized spacial score (nSPS) is 9.80. The summed E-state index contributed by atoms with van der Waals surface area (Å²) in [4.78, 5) is 0. The molecule has 1 N–H and O–H groups in total. The van der Waals surface area contributed by atoms with Crippen molar-refractivity contribution < 1.29 is 14.2 Å². The van der Waals surface area contributed by atoms with Crippen LogP contribution in [-0.2, 0) is 6.61 Å². The van der Waals surface area contributed by atoms with Crippen LogP contribution in [0.15, 0.2) is 12.3 Å². The molecular formula is C6H5FNO2. The number of rotatable bonds is 1. The maximum Gasteiger partial charge on any atom is 0.254 e. The van der Waals surface area contributed by atoms with Crippen LogP contribution in [0, 0.1) is 17.1 Å². The van der Waals surface area contributed by atoms with Crippen molar-refractivity contribution in [3.8, 4) is 0 Å². The molecule has 0 unspecified atom stereocenters. The van der Waals surface area contributed by atoms with Crippen molar-refractivity contribution in [2.45, 2.75) is 6.61 Å². The van der Waals surface area contributed by atoms with E-state index in [1.807, 2.05) is 0 Å². The molecule has 1 radical (unpaired) electrons. The Labute approximate surface area is 56.9 Å². The molecule has 0 saturated heterocycles. The molecule has 1 rings (SSSR count). The van der Waals surface area contributed by atoms with E-state index in [2.05, 4.69) is 6.07 Å². The van der Waals surface area contributed by atoms with Crippen LogP contribution in [0.25, 0.3) is 0 Å². The molecule has 0 aliphatic heterocycles. The average molecular weight is 142 g/mol. The van der Waals surface area contributed by atoms with Gasteiger partial charge >= 0.3 is 0 Å². The first-order chi connectivity index (χ1) is 4.75. The third-order valence-corrected chi connectivity index (χ3v) is 1.09. The first-order valence-electron chi connectivity index (χ1n) is 2.65. The van der Waals surface area contributed by atoms with Gasteiger partial charge in [0.15, 0.2) is 6.20 Å². The molecule has 0 amide bonds. The second-order valence-corrected chi connectivity index (χ2v) is 1.70. The van der Waals surface area contributed by atoms with Gasteiger partial charge in [0, 0.05) is 12.1 Å². The lowest BCUT2D eigenvalue weighted by Crippen LogP contribution is -2.32. The van der Waals surface area contributed by atoms with E-state index in [0.29, 0.717) is 0 Å². The van der Waals surface area contributed by atoms with E-state index >= 15 is 0 Å². The van der Waals surface area contributed by atoms with Crippen molar-refractivity contribution >= 4 is 0 Å². The number of hydrogen-bond donors (Lipinski definition) is 1. The molecule has 53 valence electrons. The number of nitrogens with zero attached hydrogens (tertiary/aromatic N) is 1. The summed E-state index contributed by atoms with van der Waals surface area (Å²) in [5.74, 6) is -0.806. The van der Waals surface area contributed by atoms with Gasteiger partial charge in [-0.25, -0.2) is 0 Å². The van der Waals surface area contributed by atoms with Gasteiger partial charge in [-0.05, 0) is 0 Å². The molecule has 1 heterocycles. The number of halogens is 1. The minimum absolute atomic E-state index is 0.270. The van der Waals surface area contributed by atoms with E-state index in [4.69, 9.17) is 5.11 Å². The summed E-state index contributed by atoms with van der Waals surface area (Å²) < 4.78 is 12.7. The van der Waals surface area contributed by atoms with E-state index in [0.717, 1.165) is 12.3 Å². The molecule has 1 aromatic heterocycles. The molecule has 3 nitrogen and oxygen atoms in total. The quantitative estimate of drug-likeness (QED) is 0.434. The van der Waals surface area contributed by atoms with Crippen molar-refractivity contribution in [1.29, 1.82) is 0 Å². The van der Waals surface area contributed by atoms with Gasteiger partial charge in [0.1, 0.15) is 6.61 Å².